The summed E-state index contributed by atoms with van der Waals surface area (Å²) < 4.78 is 12.6. The number of carbonyl (C=O) groups excluding carboxylic acids is 4. The first-order chi connectivity index (χ1) is 19.0. The van der Waals surface area contributed by atoms with Crippen molar-refractivity contribution in [3.63, 3.8) is 0 Å². The number of unbranched alkanes of at least 4 members (excludes halogenated alkanes) is 11. The van der Waals surface area contributed by atoms with Crippen LogP contribution in [-0.2, 0) is 35.1 Å². The van der Waals surface area contributed by atoms with E-state index in [1.807, 2.05) is 0 Å². The molecule has 2 heterocycles. The van der Waals surface area contributed by atoms with Crippen LogP contribution in [0.3, 0.4) is 0 Å². The third-order valence-corrected chi connectivity index (χ3v) is 7.54. The Labute approximate surface area is 233 Å². The molecule has 0 aromatic carbocycles. The van der Waals surface area contributed by atoms with Gasteiger partial charge in [0.1, 0.15) is 24.6 Å². The minimum Gasteiger partial charge on any atom is -0.461 e. The Hall–Kier alpha value is -2.71. The number of hydrogen-bond acceptors (Lipinski definition) is 7. The molecule has 0 saturated carbocycles. The Morgan fingerprint density at radius 1 is 1.03 bits per heavy atom. The molecule has 9 heteroatoms. The second kappa shape index (κ2) is 19.4. The topological polar surface area (TPSA) is 117 Å². The Bertz CT molecular complexity index is 858. The van der Waals surface area contributed by atoms with Crippen molar-refractivity contribution in [1.29, 1.82) is 0 Å². The third kappa shape index (κ3) is 12.3. The standard InChI is InChI=1S/C30H49N3O6/c1-3-5-7-9-10-11-12-13-14-16-25(19-28-26(29(36)39-28)17-15-8-6-4-2)38-30(37)27(32-22-34)18-24-20-33(23-35)21-31-24/h20-23,25-28H,3-19H2,1-2H3,(H,32,34)/t25-,26-,27-,28-/m0/s1. The minimum absolute atomic E-state index is 0.113. The highest BCUT2D eigenvalue weighted by Crippen LogP contribution is 2.32. The number of carbonyl (C=O) groups is 4. The van der Waals surface area contributed by atoms with Crippen LogP contribution in [0.15, 0.2) is 12.5 Å². The summed E-state index contributed by atoms with van der Waals surface area (Å²) in [5.41, 5.74) is 0.494. The van der Waals surface area contributed by atoms with Crippen LogP contribution < -0.4 is 5.32 Å². The summed E-state index contributed by atoms with van der Waals surface area (Å²) in [5, 5.41) is 2.53. The van der Waals surface area contributed by atoms with Gasteiger partial charge in [0.25, 0.3) is 0 Å². The van der Waals surface area contributed by atoms with Gasteiger partial charge in [0.05, 0.1) is 11.6 Å². The molecule has 1 aromatic heterocycles. The highest BCUT2D eigenvalue weighted by molar-refractivity contribution is 5.79. The van der Waals surface area contributed by atoms with Crippen molar-refractivity contribution in [2.45, 2.75) is 141 Å². The maximum atomic E-state index is 13.1. The zero-order valence-electron chi connectivity index (χ0n) is 24.0. The van der Waals surface area contributed by atoms with Gasteiger partial charge in [-0.05, 0) is 19.3 Å². The van der Waals surface area contributed by atoms with E-state index in [0.29, 0.717) is 31.4 Å². The van der Waals surface area contributed by atoms with Gasteiger partial charge in [-0.2, -0.15) is 0 Å². The summed E-state index contributed by atoms with van der Waals surface area (Å²) in [7, 11) is 0. The van der Waals surface area contributed by atoms with Crippen LogP contribution in [-0.4, -0.2) is 52.6 Å². The maximum absolute atomic E-state index is 13.1. The van der Waals surface area contributed by atoms with Crippen molar-refractivity contribution in [2.24, 2.45) is 5.92 Å². The summed E-state index contributed by atoms with van der Waals surface area (Å²) in [5.74, 6) is -0.841. The molecule has 0 aliphatic carbocycles. The fourth-order valence-electron chi connectivity index (χ4n) is 5.16. The average molecular weight is 548 g/mol. The molecule has 2 rings (SSSR count). The van der Waals surface area contributed by atoms with Crippen LogP contribution in [0, 0.1) is 5.92 Å². The van der Waals surface area contributed by atoms with E-state index in [9.17, 15) is 19.2 Å². The molecule has 0 radical (unpaired) electrons. The predicted octanol–water partition coefficient (Wildman–Crippen LogP) is 5.31. The zero-order valence-corrected chi connectivity index (χ0v) is 24.0. The Morgan fingerprint density at radius 2 is 1.67 bits per heavy atom. The van der Waals surface area contributed by atoms with E-state index in [2.05, 4.69) is 24.1 Å². The molecule has 9 nitrogen and oxygen atoms in total. The molecule has 0 bridgehead atoms. The van der Waals surface area contributed by atoms with Gasteiger partial charge in [-0.1, -0.05) is 90.9 Å². The van der Waals surface area contributed by atoms with Gasteiger partial charge in [0.15, 0.2) is 0 Å². The van der Waals surface area contributed by atoms with E-state index < -0.39 is 18.1 Å². The van der Waals surface area contributed by atoms with Crippen LogP contribution in [0.1, 0.15) is 122 Å². The largest absolute Gasteiger partial charge is 0.461 e. The van der Waals surface area contributed by atoms with E-state index >= 15 is 0 Å². The SMILES string of the molecule is CCCCCCCCCCC[C@@H](C[C@@H]1OC(=O)[C@H]1CCCCCC)OC(=O)[C@H](Cc1cn(C=O)cn1)NC=O. The second-order valence-electron chi connectivity index (χ2n) is 10.8. The monoisotopic (exact) mass is 547 g/mol. The summed E-state index contributed by atoms with van der Waals surface area (Å²) in [6.07, 6.45) is 20.5. The normalized spacial score (nSPS) is 18.1. The molecule has 4 atom stereocenters. The van der Waals surface area contributed by atoms with Crippen molar-refractivity contribution < 1.29 is 28.7 Å². The van der Waals surface area contributed by atoms with Crippen LogP contribution in [0.25, 0.3) is 0 Å². The minimum atomic E-state index is -0.920. The van der Waals surface area contributed by atoms with Crippen molar-refractivity contribution in [2.75, 3.05) is 0 Å². The highest BCUT2D eigenvalue weighted by atomic mass is 16.6. The van der Waals surface area contributed by atoms with Gasteiger partial charge in [0.2, 0.25) is 12.8 Å². The molecular weight excluding hydrogens is 498 g/mol. The molecule has 220 valence electrons. The number of cyclic esters (lactones) is 1. The van der Waals surface area contributed by atoms with Crippen molar-refractivity contribution in [1.82, 2.24) is 14.9 Å². The Kier molecular flexibility index (Phi) is 16.1. The van der Waals surface area contributed by atoms with Gasteiger partial charge in [-0.25, -0.2) is 9.78 Å². The van der Waals surface area contributed by atoms with Crippen LogP contribution in [0.5, 0.6) is 0 Å². The van der Waals surface area contributed by atoms with Crippen LogP contribution in [0.4, 0.5) is 0 Å². The summed E-state index contributed by atoms with van der Waals surface area (Å²) in [4.78, 5) is 51.5. The molecule has 1 saturated heterocycles. The molecule has 0 spiro atoms. The lowest BCUT2D eigenvalue weighted by Gasteiger charge is -2.37. The fraction of sp³-hybridized carbons (Fsp3) is 0.767. The molecule has 1 aromatic rings. The number of nitrogens with zero attached hydrogens (tertiary/aromatic N) is 2. The van der Waals surface area contributed by atoms with E-state index in [-0.39, 0.29) is 24.4 Å². The van der Waals surface area contributed by atoms with E-state index in [0.717, 1.165) is 51.4 Å². The number of ether oxygens (including phenoxy) is 2. The number of aromatic nitrogens is 2. The highest BCUT2D eigenvalue weighted by Gasteiger charge is 2.43. The Balaban J connectivity index is 1.92. The first-order valence-corrected chi connectivity index (χ1v) is 15.1. The molecule has 1 aliphatic heterocycles. The quantitative estimate of drug-likeness (QED) is 0.106. The molecule has 1 amide bonds. The van der Waals surface area contributed by atoms with E-state index in [1.54, 1.807) is 0 Å². The van der Waals surface area contributed by atoms with Crippen molar-refractivity contribution in [3.8, 4) is 0 Å². The first-order valence-electron chi connectivity index (χ1n) is 15.1. The number of nitrogens with one attached hydrogen (secondary N) is 1. The van der Waals surface area contributed by atoms with Crippen LogP contribution in [0.2, 0.25) is 0 Å². The van der Waals surface area contributed by atoms with Crippen molar-refractivity contribution >= 4 is 24.8 Å². The number of imidazole rings is 1. The lowest BCUT2D eigenvalue weighted by atomic mass is 9.86. The predicted molar refractivity (Wildman–Crippen MR) is 150 cm³/mol. The second-order valence-corrected chi connectivity index (χ2v) is 10.8. The molecule has 1 fully saturated rings. The summed E-state index contributed by atoms with van der Waals surface area (Å²) >= 11 is 0. The molecular formula is C30H49N3O6. The third-order valence-electron chi connectivity index (χ3n) is 7.54. The Morgan fingerprint density at radius 3 is 2.26 bits per heavy atom. The molecule has 0 unspecified atom stereocenters. The lowest BCUT2D eigenvalue weighted by molar-refractivity contribution is -0.190. The molecule has 1 N–H and O–H groups in total. The molecule has 1 aliphatic rings. The summed E-state index contributed by atoms with van der Waals surface area (Å²) in [6, 6.07) is -0.920. The van der Waals surface area contributed by atoms with Crippen molar-refractivity contribution in [3.05, 3.63) is 18.2 Å². The summed E-state index contributed by atoms with van der Waals surface area (Å²) in [6.45, 7) is 4.38. The number of hydrogen-bond donors (Lipinski definition) is 1. The number of rotatable bonds is 24. The smallest absolute Gasteiger partial charge is 0.329 e. The van der Waals surface area contributed by atoms with Gasteiger partial charge >= 0.3 is 11.9 Å². The number of amides is 1. The van der Waals surface area contributed by atoms with E-state index in [4.69, 9.17) is 9.47 Å². The fourth-order valence-corrected chi connectivity index (χ4v) is 5.16. The van der Waals surface area contributed by atoms with Gasteiger partial charge in [0, 0.05) is 19.0 Å². The average Bonchev–Trinajstić information content (AvgIpc) is 3.39. The maximum Gasteiger partial charge on any atom is 0.329 e. The van der Waals surface area contributed by atoms with E-state index in [1.165, 1.54) is 55.6 Å². The van der Waals surface area contributed by atoms with Crippen LogP contribution >= 0.6 is 0 Å². The van der Waals surface area contributed by atoms with Gasteiger partial charge < -0.3 is 14.8 Å². The van der Waals surface area contributed by atoms with Gasteiger partial charge in [-0.3, -0.25) is 19.0 Å². The number of esters is 2. The zero-order chi connectivity index (χ0) is 28.3. The first kappa shape index (κ1) is 32.5. The lowest BCUT2D eigenvalue weighted by Crippen LogP contribution is -2.48. The van der Waals surface area contributed by atoms with Gasteiger partial charge in [-0.15, -0.1) is 0 Å². The molecule has 39 heavy (non-hydrogen) atoms.